The molecular formula is C19H19FN6O. The molecule has 1 aromatic carbocycles. The van der Waals surface area contributed by atoms with Crippen LogP contribution in [0.1, 0.15) is 34.9 Å². The summed E-state index contributed by atoms with van der Waals surface area (Å²) in [5.74, 6) is -0.252. The summed E-state index contributed by atoms with van der Waals surface area (Å²) in [5, 5.41) is 6.56. The fourth-order valence-electron chi connectivity index (χ4n) is 3.53. The second-order valence-corrected chi connectivity index (χ2v) is 6.60. The van der Waals surface area contributed by atoms with Crippen molar-refractivity contribution in [2.24, 2.45) is 0 Å². The van der Waals surface area contributed by atoms with E-state index in [0.29, 0.717) is 24.3 Å². The molecule has 0 spiro atoms. The number of anilines is 1. The molecule has 1 aliphatic heterocycles. The molecule has 8 heteroatoms. The fraction of sp³-hybridized carbons (Fsp3) is 0.263. The van der Waals surface area contributed by atoms with Crippen LogP contribution in [-0.2, 0) is 0 Å². The van der Waals surface area contributed by atoms with Crippen LogP contribution in [0.5, 0.6) is 0 Å². The molecule has 7 nitrogen and oxygen atoms in total. The predicted octanol–water partition coefficient (Wildman–Crippen LogP) is 2.61. The Morgan fingerprint density at radius 3 is 3.00 bits per heavy atom. The molecular weight excluding hydrogens is 347 g/mol. The van der Waals surface area contributed by atoms with Gasteiger partial charge in [-0.25, -0.2) is 14.4 Å². The minimum Gasteiger partial charge on any atom is -0.368 e. The number of nitrogens with one attached hydrogen (secondary N) is 1. The standard InChI is InChI=1S/C19H19FN6O/c20-14-5-1-3-12(9-14)15-10-22-19(21)24-17(15)13-4-2-8-26(11-13)18(27)16-6-7-23-25-16/h1,3,5-7,9-10,13H,2,4,8,11H2,(H,23,25)(H2,21,22,24)/t13-/m1/s1. The quantitative estimate of drug-likeness (QED) is 0.742. The summed E-state index contributed by atoms with van der Waals surface area (Å²) in [5.41, 5.74) is 8.47. The first kappa shape index (κ1) is 17.1. The van der Waals surface area contributed by atoms with Gasteiger partial charge in [-0.3, -0.25) is 9.89 Å². The smallest absolute Gasteiger partial charge is 0.271 e. The van der Waals surface area contributed by atoms with Crippen molar-refractivity contribution in [2.75, 3.05) is 18.8 Å². The van der Waals surface area contributed by atoms with E-state index in [0.717, 1.165) is 24.1 Å². The number of aromatic nitrogens is 4. The molecule has 27 heavy (non-hydrogen) atoms. The van der Waals surface area contributed by atoms with Gasteiger partial charge >= 0.3 is 0 Å². The van der Waals surface area contributed by atoms with E-state index in [1.807, 2.05) is 6.07 Å². The Labute approximate surface area is 155 Å². The number of rotatable bonds is 3. The third-order valence-electron chi connectivity index (χ3n) is 4.80. The summed E-state index contributed by atoms with van der Waals surface area (Å²) in [6, 6.07) is 7.98. The minimum atomic E-state index is -0.324. The number of H-pyrrole nitrogens is 1. The Kier molecular flexibility index (Phi) is 4.53. The third kappa shape index (κ3) is 3.51. The molecule has 1 saturated heterocycles. The van der Waals surface area contributed by atoms with Gasteiger partial charge < -0.3 is 10.6 Å². The normalized spacial score (nSPS) is 17.1. The van der Waals surface area contributed by atoms with Crippen LogP contribution < -0.4 is 5.73 Å². The lowest BCUT2D eigenvalue weighted by molar-refractivity contribution is 0.0700. The van der Waals surface area contributed by atoms with Gasteiger partial charge in [0.25, 0.3) is 5.91 Å². The second-order valence-electron chi connectivity index (χ2n) is 6.60. The lowest BCUT2D eigenvalue weighted by Gasteiger charge is -2.33. The molecule has 138 valence electrons. The van der Waals surface area contributed by atoms with Gasteiger partial charge in [0.05, 0.1) is 5.69 Å². The number of aromatic amines is 1. The Hall–Kier alpha value is -3.29. The topological polar surface area (TPSA) is 101 Å². The summed E-state index contributed by atoms with van der Waals surface area (Å²) >= 11 is 0. The Bertz CT molecular complexity index is 959. The Morgan fingerprint density at radius 1 is 1.33 bits per heavy atom. The highest BCUT2D eigenvalue weighted by Gasteiger charge is 2.29. The summed E-state index contributed by atoms with van der Waals surface area (Å²) in [7, 11) is 0. The lowest BCUT2D eigenvalue weighted by atomic mass is 9.89. The van der Waals surface area contributed by atoms with Gasteiger partial charge in [-0.2, -0.15) is 5.10 Å². The number of nitrogens with zero attached hydrogens (tertiary/aromatic N) is 4. The molecule has 3 aromatic rings. The van der Waals surface area contributed by atoms with Gasteiger partial charge in [0.15, 0.2) is 0 Å². The van der Waals surface area contributed by atoms with Crippen molar-refractivity contribution in [3.05, 3.63) is 59.9 Å². The van der Waals surface area contributed by atoms with E-state index in [2.05, 4.69) is 20.2 Å². The molecule has 1 atom stereocenters. The maximum atomic E-state index is 13.7. The van der Waals surface area contributed by atoms with Gasteiger partial charge in [-0.1, -0.05) is 12.1 Å². The average Bonchev–Trinajstić information content (AvgIpc) is 3.22. The molecule has 3 heterocycles. The van der Waals surface area contributed by atoms with Gasteiger partial charge in [0, 0.05) is 37.0 Å². The third-order valence-corrected chi connectivity index (χ3v) is 4.80. The molecule has 0 unspecified atom stereocenters. The first-order chi connectivity index (χ1) is 13.1. The van der Waals surface area contributed by atoms with Crippen LogP contribution >= 0.6 is 0 Å². The van der Waals surface area contributed by atoms with Crippen LogP contribution in [0.3, 0.4) is 0 Å². The van der Waals surface area contributed by atoms with Gasteiger partial charge in [0.2, 0.25) is 5.95 Å². The van der Waals surface area contributed by atoms with E-state index in [1.165, 1.54) is 12.1 Å². The van der Waals surface area contributed by atoms with Crippen LogP contribution in [0.4, 0.5) is 10.3 Å². The number of piperidine rings is 1. The average molecular weight is 366 g/mol. The molecule has 0 radical (unpaired) electrons. The van der Waals surface area contributed by atoms with E-state index in [4.69, 9.17) is 5.73 Å². The maximum absolute atomic E-state index is 13.7. The minimum absolute atomic E-state index is 0.00538. The van der Waals surface area contributed by atoms with Crippen LogP contribution in [0.25, 0.3) is 11.1 Å². The molecule has 1 aliphatic rings. The van der Waals surface area contributed by atoms with Crippen molar-refractivity contribution < 1.29 is 9.18 Å². The zero-order valence-electron chi connectivity index (χ0n) is 14.6. The molecule has 1 fully saturated rings. The predicted molar refractivity (Wildman–Crippen MR) is 98.3 cm³/mol. The number of carbonyl (C=O) groups excluding carboxylic acids is 1. The SMILES string of the molecule is Nc1ncc(-c2cccc(F)c2)c([C@@H]2CCCN(C(=O)c3ccn[nH]3)C2)n1. The lowest BCUT2D eigenvalue weighted by Crippen LogP contribution is -2.39. The summed E-state index contributed by atoms with van der Waals surface area (Å²) < 4.78 is 13.7. The van der Waals surface area contributed by atoms with E-state index in [-0.39, 0.29) is 23.6 Å². The fourth-order valence-corrected chi connectivity index (χ4v) is 3.53. The first-order valence-electron chi connectivity index (χ1n) is 8.79. The maximum Gasteiger partial charge on any atom is 0.271 e. The van der Waals surface area contributed by atoms with Crippen molar-refractivity contribution in [2.45, 2.75) is 18.8 Å². The first-order valence-corrected chi connectivity index (χ1v) is 8.79. The van der Waals surface area contributed by atoms with Gasteiger partial charge in [-0.15, -0.1) is 0 Å². The van der Waals surface area contributed by atoms with Crippen LogP contribution in [0.15, 0.2) is 42.7 Å². The van der Waals surface area contributed by atoms with E-state index < -0.39 is 0 Å². The van der Waals surface area contributed by atoms with E-state index >= 15 is 0 Å². The molecule has 4 rings (SSSR count). The number of hydrogen-bond acceptors (Lipinski definition) is 5. The zero-order chi connectivity index (χ0) is 18.8. The number of hydrogen-bond donors (Lipinski definition) is 2. The number of benzene rings is 1. The highest BCUT2D eigenvalue weighted by atomic mass is 19.1. The van der Waals surface area contributed by atoms with E-state index in [9.17, 15) is 9.18 Å². The Balaban J connectivity index is 1.66. The monoisotopic (exact) mass is 366 g/mol. The van der Waals surface area contributed by atoms with Crippen molar-refractivity contribution in [3.8, 4) is 11.1 Å². The van der Waals surface area contributed by atoms with Crippen molar-refractivity contribution in [3.63, 3.8) is 0 Å². The second kappa shape index (κ2) is 7.14. The van der Waals surface area contributed by atoms with Crippen molar-refractivity contribution in [1.29, 1.82) is 0 Å². The molecule has 0 bridgehead atoms. The largest absolute Gasteiger partial charge is 0.368 e. The summed E-state index contributed by atoms with van der Waals surface area (Å²) in [6.07, 6.45) is 4.90. The zero-order valence-corrected chi connectivity index (χ0v) is 14.6. The Morgan fingerprint density at radius 2 is 2.22 bits per heavy atom. The number of nitrogens with two attached hydrogens (primary N) is 1. The summed E-state index contributed by atoms with van der Waals surface area (Å²) in [6.45, 7) is 1.18. The molecule has 2 aromatic heterocycles. The van der Waals surface area contributed by atoms with Crippen molar-refractivity contribution >= 4 is 11.9 Å². The van der Waals surface area contributed by atoms with E-state index in [1.54, 1.807) is 29.4 Å². The molecule has 0 aliphatic carbocycles. The number of nitrogen functional groups attached to an aromatic ring is 1. The van der Waals surface area contributed by atoms with Crippen LogP contribution in [0, 0.1) is 5.82 Å². The number of likely N-dealkylation sites (tertiary alicyclic amines) is 1. The highest BCUT2D eigenvalue weighted by molar-refractivity contribution is 5.92. The van der Waals surface area contributed by atoms with Gasteiger partial charge in [0.1, 0.15) is 11.5 Å². The van der Waals surface area contributed by atoms with Crippen LogP contribution in [0.2, 0.25) is 0 Å². The van der Waals surface area contributed by atoms with Crippen LogP contribution in [-0.4, -0.2) is 44.1 Å². The number of amides is 1. The highest BCUT2D eigenvalue weighted by Crippen LogP contribution is 2.33. The number of halogens is 1. The van der Waals surface area contributed by atoms with Crippen molar-refractivity contribution in [1.82, 2.24) is 25.1 Å². The number of carbonyl (C=O) groups is 1. The van der Waals surface area contributed by atoms with Gasteiger partial charge in [-0.05, 0) is 36.6 Å². The molecule has 0 saturated carbocycles. The molecule has 1 amide bonds. The summed E-state index contributed by atoms with van der Waals surface area (Å²) in [4.78, 5) is 23.0. The molecule has 3 N–H and O–H groups in total.